The van der Waals surface area contributed by atoms with E-state index in [-0.39, 0.29) is 0 Å². The normalized spacial score (nSPS) is 32.4. The Labute approximate surface area is 94.4 Å². The van der Waals surface area contributed by atoms with Crippen LogP contribution in [0.5, 0.6) is 0 Å². The summed E-state index contributed by atoms with van der Waals surface area (Å²) >= 11 is 0. The molecule has 1 saturated carbocycles. The van der Waals surface area contributed by atoms with Gasteiger partial charge in [-0.3, -0.25) is 4.90 Å². The number of nitrogens with one attached hydrogen (secondary N) is 1. The van der Waals surface area contributed by atoms with Crippen LogP contribution in [0.2, 0.25) is 0 Å². The molecule has 2 rings (SSSR count). The van der Waals surface area contributed by atoms with Gasteiger partial charge < -0.3 is 5.32 Å². The summed E-state index contributed by atoms with van der Waals surface area (Å²) in [6.45, 7) is 9.54. The molecule has 0 radical (unpaired) electrons. The summed E-state index contributed by atoms with van der Waals surface area (Å²) in [5, 5.41) is 3.83. The van der Waals surface area contributed by atoms with E-state index in [0.29, 0.717) is 11.6 Å². The second-order valence-electron chi connectivity index (χ2n) is 5.82. The van der Waals surface area contributed by atoms with E-state index in [1.54, 1.807) is 0 Å². The summed E-state index contributed by atoms with van der Waals surface area (Å²) in [6, 6.07) is 1.44. The van der Waals surface area contributed by atoms with E-state index in [0.717, 1.165) is 6.04 Å². The van der Waals surface area contributed by atoms with E-state index >= 15 is 0 Å². The molecular formula is C13H26N2. The van der Waals surface area contributed by atoms with Gasteiger partial charge in [-0.25, -0.2) is 0 Å². The van der Waals surface area contributed by atoms with E-state index in [1.807, 2.05) is 0 Å². The Morgan fingerprint density at radius 2 is 1.93 bits per heavy atom. The number of hydrogen-bond donors (Lipinski definition) is 1. The minimum atomic E-state index is 0.467. The van der Waals surface area contributed by atoms with Gasteiger partial charge >= 0.3 is 0 Å². The fourth-order valence-electron chi connectivity index (χ4n) is 3.35. The van der Waals surface area contributed by atoms with Crippen molar-refractivity contribution in [2.75, 3.05) is 13.1 Å². The van der Waals surface area contributed by atoms with E-state index in [1.165, 1.54) is 45.2 Å². The number of nitrogens with zero attached hydrogens (tertiary/aromatic N) is 1. The van der Waals surface area contributed by atoms with E-state index in [2.05, 4.69) is 31.0 Å². The molecule has 0 amide bonds. The zero-order valence-electron chi connectivity index (χ0n) is 10.6. The Morgan fingerprint density at radius 3 is 2.53 bits per heavy atom. The number of rotatable bonds is 1. The molecule has 2 fully saturated rings. The Bertz CT molecular complexity index is 207. The van der Waals surface area contributed by atoms with Gasteiger partial charge in [-0.15, -0.1) is 0 Å². The lowest BCUT2D eigenvalue weighted by molar-refractivity contribution is 0.132. The van der Waals surface area contributed by atoms with Crippen molar-refractivity contribution in [2.24, 2.45) is 0 Å². The third kappa shape index (κ3) is 2.36. The third-order valence-electron chi connectivity index (χ3n) is 4.34. The molecule has 0 aromatic heterocycles. The van der Waals surface area contributed by atoms with Crippen molar-refractivity contribution in [3.63, 3.8) is 0 Å². The second kappa shape index (κ2) is 4.42. The van der Waals surface area contributed by atoms with Crippen LogP contribution in [0.1, 0.15) is 52.9 Å². The summed E-state index contributed by atoms with van der Waals surface area (Å²) in [5.74, 6) is 0. The van der Waals surface area contributed by atoms with Crippen LogP contribution in [-0.2, 0) is 0 Å². The third-order valence-corrected chi connectivity index (χ3v) is 4.34. The Kier molecular flexibility index (Phi) is 3.36. The smallest absolute Gasteiger partial charge is 0.0309 e. The lowest BCUT2D eigenvalue weighted by Gasteiger charge is -2.37. The van der Waals surface area contributed by atoms with E-state index < -0.39 is 0 Å². The van der Waals surface area contributed by atoms with Gasteiger partial charge in [0, 0.05) is 24.2 Å². The van der Waals surface area contributed by atoms with Crippen molar-refractivity contribution in [1.82, 2.24) is 10.2 Å². The highest BCUT2D eigenvalue weighted by atomic mass is 15.2. The zero-order chi connectivity index (χ0) is 10.9. The molecule has 1 spiro atoms. The zero-order valence-corrected chi connectivity index (χ0v) is 10.6. The van der Waals surface area contributed by atoms with Crippen LogP contribution in [-0.4, -0.2) is 35.6 Å². The maximum atomic E-state index is 3.83. The first-order valence-corrected chi connectivity index (χ1v) is 6.64. The van der Waals surface area contributed by atoms with Gasteiger partial charge in [0.15, 0.2) is 0 Å². The SMILES string of the molecule is CC(C)N1CC2(CCCC2)NCCC1C. The van der Waals surface area contributed by atoms with Crippen molar-refractivity contribution in [3.8, 4) is 0 Å². The summed E-state index contributed by atoms with van der Waals surface area (Å²) in [7, 11) is 0. The standard InChI is InChI=1S/C13H26N2/c1-11(2)15-10-13(7-4-5-8-13)14-9-6-12(15)3/h11-12,14H,4-10H2,1-3H3. The quantitative estimate of drug-likeness (QED) is 0.715. The maximum absolute atomic E-state index is 3.83. The molecular weight excluding hydrogens is 184 g/mol. The lowest BCUT2D eigenvalue weighted by atomic mass is 9.96. The van der Waals surface area contributed by atoms with Crippen LogP contribution in [0, 0.1) is 0 Å². The van der Waals surface area contributed by atoms with Crippen LogP contribution < -0.4 is 5.32 Å². The fourth-order valence-corrected chi connectivity index (χ4v) is 3.35. The highest BCUT2D eigenvalue weighted by Crippen LogP contribution is 2.33. The van der Waals surface area contributed by atoms with Gasteiger partial charge in [0.25, 0.3) is 0 Å². The molecule has 2 aliphatic rings. The lowest BCUT2D eigenvalue weighted by Crippen LogP contribution is -2.51. The second-order valence-corrected chi connectivity index (χ2v) is 5.82. The Hall–Kier alpha value is -0.0800. The summed E-state index contributed by atoms with van der Waals surface area (Å²) < 4.78 is 0. The molecule has 1 atom stereocenters. The van der Waals surface area contributed by atoms with E-state index in [4.69, 9.17) is 0 Å². The molecule has 1 saturated heterocycles. The van der Waals surface area contributed by atoms with Crippen molar-refractivity contribution in [2.45, 2.75) is 70.5 Å². The molecule has 0 bridgehead atoms. The predicted molar refractivity (Wildman–Crippen MR) is 65.1 cm³/mol. The topological polar surface area (TPSA) is 15.3 Å². The number of hydrogen-bond acceptors (Lipinski definition) is 2. The van der Waals surface area contributed by atoms with Gasteiger partial charge in [0.1, 0.15) is 0 Å². The first kappa shape index (κ1) is 11.4. The van der Waals surface area contributed by atoms with Gasteiger partial charge in [0.2, 0.25) is 0 Å². The Morgan fingerprint density at radius 1 is 1.27 bits per heavy atom. The molecule has 0 aromatic carbocycles. The first-order valence-electron chi connectivity index (χ1n) is 6.64. The first-order chi connectivity index (χ1) is 7.13. The van der Waals surface area contributed by atoms with Gasteiger partial charge in [-0.05, 0) is 46.6 Å². The molecule has 88 valence electrons. The summed E-state index contributed by atoms with van der Waals surface area (Å²) in [6.07, 6.45) is 6.94. The van der Waals surface area contributed by atoms with Crippen LogP contribution in [0.3, 0.4) is 0 Å². The van der Waals surface area contributed by atoms with Gasteiger partial charge in [-0.1, -0.05) is 12.8 Å². The molecule has 1 aliphatic carbocycles. The largest absolute Gasteiger partial charge is 0.310 e. The minimum Gasteiger partial charge on any atom is -0.310 e. The monoisotopic (exact) mass is 210 g/mol. The van der Waals surface area contributed by atoms with E-state index in [9.17, 15) is 0 Å². The molecule has 2 nitrogen and oxygen atoms in total. The van der Waals surface area contributed by atoms with Crippen LogP contribution >= 0.6 is 0 Å². The molecule has 1 heterocycles. The fraction of sp³-hybridized carbons (Fsp3) is 1.00. The molecule has 2 heteroatoms. The van der Waals surface area contributed by atoms with Gasteiger partial charge in [0.05, 0.1) is 0 Å². The predicted octanol–water partition coefficient (Wildman–Crippen LogP) is 2.39. The maximum Gasteiger partial charge on any atom is 0.0309 e. The van der Waals surface area contributed by atoms with Crippen molar-refractivity contribution >= 4 is 0 Å². The van der Waals surface area contributed by atoms with Crippen LogP contribution in [0.4, 0.5) is 0 Å². The summed E-state index contributed by atoms with van der Waals surface area (Å²) in [4.78, 5) is 2.70. The average molecular weight is 210 g/mol. The minimum absolute atomic E-state index is 0.467. The average Bonchev–Trinajstić information content (AvgIpc) is 2.55. The highest BCUT2D eigenvalue weighted by Gasteiger charge is 2.38. The highest BCUT2D eigenvalue weighted by molar-refractivity contribution is 4.98. The molecule has 1 unspecified atom stereocenters. The van der Waals surface area contributed by atoms with Gasteiger partial charge in [-0.2, -0.15) is 0 Å². The van der Waals surface area contributed by atoms with Crippen molar-refractivity contribution in [3.05, 3.63) is 0 Å². The van der Waals surface area contributed by atoms with Crippen LogP contribution in [0.25, 0.3) is 0 Å². The molecule has 1 N–H and O–H groups in total. The molecule has 1 aliphatic heterocycles. The van der Waals surface area contributed by atoms with Crippen LogP contribution in [0.15, 0.2) is 0 Å². The molecule has 15 heavy (non-hydrogen) atoms. The van der Waals surface area contributed by atoms with Crippen molar-refractivity contribution in [1.29, 1.82) is 0 Å². The Balaban J connectivity index is 2.09. The van der Waals surface area contributed by atoms with Crippen molar-refractivity contribution < 1.29 is 0 Å². The summed E-state index contributed by atoms with van der Waals surface area (Å²) in [5.41, 5.74) is 0.467. The molecule has 0 aromatic rings.